The number of aromatic nitrogens is 2. The largest absolute Gasteiger partial charge is 0.347 e. The molecule has 0 N–H and O–H groups in total. The van der Waals surface area contributed by atoms with Crippen molar-refractivity contribution in [3.63, 3.8) is 0 Å². The zero-order valence-corrected chi connectivity index (χ0v) is 8.05. The summed E-state index contributed by atoms with van der Waals surface area (Å²) in [7, 11) is 0. The van der Waals surface area contributed by atoms with Gasteiger partial charge in [-0.1, -0.05) is 0 Å². The molecule has 4 nitrogen and oxygen atoms in total. The Labute approximate surface area is 81.0 Å². The summed E-state index contributed by atoms with van der Waals surface area (Å²) < 4.78 is 3.94. The normalized spacial score (nSPS) is 17.0. The van der Waals surface area contributed by atoms with Crippen LogP contribution >= 0.6 is 11.5 Å². The van der Waals surface area contributed by atoms with E-state index in [0.717, 1.165) is 18.2 Å². The van der Waals surface area contributed by atoms with E-state index in [4.69, 9.17) is 5.26 Å². The molecule has 1 aromatic rings. The molecule has 0 radical (unpaired) electrons. The maximum atomic E-state index is 8.56. The first-order valence-corrected chi connectivity index (χ1v) is 5.16. The lowest BCUT2D eigenvalue weighted by Crippen LogP contribution is -2.29. The first-order valence-electron chi connectivity index (χ1n) is 4.39. The summed E-state index contributed by atoms with van der Waals surface area (Å²) in [6.07, 6.45) is 3.75. The van der Waals surface area contributed by atoms with Crippen LogP contribution in [0.15, 0.2) is 0 Å². The van der Waals surface area contributed by atoms with Crippen LogP contribution < -0.4 is 4.90 Å². The van der Waals surface area contributed by atoms with E-state index >= 15 is 0 Å². The summed E-state index contributed by atoms with van der Waals surface area (Å²) in [5.74, 6) is 0.297. The van der Waals surface area contributed by atoms with Gasteiger partial charge in [-0.05, 0) is 19.3 Å². The van der Waals surface area contributed by atoms with E-state index in [9.17, 15) is 0 Å². The molecule has 1 fully saturated rings. The molecule has 0 aromatic carbocycles. The molecule has 0 aliphatic carbocycles. The van der Waals surface area contributed by atoms with Gasteiger partial charge in [0.05, 0.1) is 0 Å². The number of rotatable bonds is 1. The highest BCUT2D eigenvalue weighted by Gasteiger charge is 2.14. The highest BCUT2D eigenvalue weighted by molar-refractivity contribution is 7.09. The van der Waals surface area contributed by atoms with E-state index in [1.807, 2.05) is 6.07 Å². The van der Waals surface area contributed by atoms with Crippen LogP contribution in [0.3, 0.4) is 0 Å². The van der Waals surface area contributed by atoms with Crippen molar-refractivity contribution in [1.82, 2.24) is 9.36 Å². The van der Waals surface area contributed by atoms with Crippen LogP contribution in [0.1, 0.15) is 25.1 Å². The van der Waals surface area contributed by atoms with Gasteiger partial charge >= 0.3 is 0 Å². The number of piperidine rings is 1. The molecule has 0 unspecified atom stereocenters. The standard InChI is InChI=1S/C8H10N4S/c9-6-7-10-8(13-11-7)12-4-2-1-3-5-12/h1-5H2. The van der Waals surface area contributed by atoms with E-state index in [1.54, 1.807) is 0 Å². The second-order valence-electron chi connectivity index (χ2n) is 3.06. The third-order valence-corrected chi connectivity index (χ3v) is 2.92. The number of nitrogens with zero attached hydrogens (tertiary/aromatic N) is 4. The molecule has 0 bridgehead atoms. The summed E-state index contributed by atoms with van der Waals surface area (Å²) in [6, 6.07) is 1.95. The Morgan fingerprint density at radius 2 is 2.08 bits per heavy atom. The van der Waals surface area contributed by atoms with Crippen molar-refractivity contribution >= 4 is 16.7 Å². The molecule has 68 valence electrons. The van der Waals surface area contributed by atoms with Gasteiger partial charge in [0.2, 0.25) is 11.0 Å². The average Bonchev–Trinajstić information content (AvgIpc) is 2.67. The molecule has 13 heavy (non-hydrogen) atoms. The fourth-order valence-electron chi connectivity index (χ4n) is 1.47. The average molecular weight is 194 g/mol. The van der Waals surface area contributed by atoms with Crippen molar-refractivity contribution in [3.05, 3.63) is 5.82 Å². The van der Waals surface area contributed by atoms with Crippen LogP contribution in [-0.2, 0) is 0 Å². The summed E-state index contributed by atoms with van der Waals surface area (Å²) in [5.41, 5.74) is 0. The quantitative estimate of drug-likeness (QED) is 0.678. The minimum absolute atomic E-state index is 0.297. The Kier molecular flexibility index (Phi) is 2.41. The van der Waals surface area contributed by atoms with Crippen LogP contribution in [0, 0.1) is 11.3 Å². The molecule has 0 atom stereocenters. The molecule has 1 aliphatic heterocycles. The van der Waals surface area contributed by atoms with Crippen LogP contribution in [-0.4, -0.2) is 22.4 Å². The number of anilines is 1. The molecular formula is C8H10N4S. The summed E-state index contributed by atoms with van der Waals surface area (Å²) in [4.78, 5) is 6.33. The van der Waals surface area contributed by atoms with Gasteiger partial charge in [0.25, 0.3) is 0 Å². The minimum atomic E-state index is 0.297. The van der Waals surface area contributed by atoms with Crippen molar-refractivity contribution in [2.24, 2.45) is 0 Å². The lowest BCUT2D eigenvalue weighted by Gasteiger charge is -2.25. The molecule has 0 saturated carbocycles. The number of hydrogen-bond donors (Lipinski definition) is 0. The van der Waals surface area contributed by atoms with Gasteiger partial charge in [0.15, 0.2) is 0 Å². The first kappa shape index (κ1) is 8.45. The number of nitriles is 1. The third kappa shape index (κ3) is 1.78. The van der Waals surface area contributed by atoms with Gasteiger partial charge in [-0.3, -0.25) is 0 Å². The monoisotopic (exact) mass is 194 g/mol. The van der Waals surface area contributed by atoms with Gasteiger partial charge in [0, 0.05) is 24.6 Å². The molecule has 1 aliphatic rings. The zero-order chi connectivity index (χ0) is 9.10. The fourth-order valence-corrected chi connectivity index (χ4v) is 2.15. The Morgan fingerprint density at radius 3 is 2.69 bits per heavy atom. The van der Waals surface area contributed by atoms with Crippen molar-refractivity contribution < 1.29 is 0 Å². The Morgan fingerprint density at radius 1 is 1.31 bits per heavy atom. The topological polar surface area (TPSA) is 52.8 Å². The smallest absolute Gasteiger partial charge is 0.245 e. The molecule has 0 amide bonds. The minimum Gasteiger partial charge on any atom is -0.347 e. The van der Waals surface area contributed by atoms with Crippen LogP contribution in [0.5, 0.6) is 0 Å². The van der Waals surface area contributed by atoms with Gasteiger partial charge in [-0.15, -0.1) is 0 Å². The van der Waals surface area contributed by atoms with Gasteiger partial charge < -0.3 is 4.90 Å². The highest BCUT2D eigenvalue weighted by atomic mass is 32.1. The van der Waals surface area contributed by atoms with E-state index in [2.05, 4.69) is 14.3 Å². The predicted octanol–water partition coefficient (Wildman–Crippen LogP) is 1.40. The molecule has 1 saturated heterocycles. The van der Waals surface area contributed by atoms with Crippen LogP contribution in [0.2, 0.25) is 0 Å². The van der Waals surface area contributed by atoms with Crippen molar-refractivity contribution in [3.8, 4) is 6.07 Å². The SMILES string of the molecule is N#Cc1nsc(N2CCCCC2)n1. The van der Waals surface area contributed by atoms with Crippen LogP contribution in [0.25, 0.3) is 0 Å². The first-order chi connectivity index (χ1) is 6.40. The second-order valence-corrected chi connectivity index (χ2v) is 3.79. The third-order valence-electron chi connectivity index (χ3n) is 2.14. The van der Waals surface area contributed by atoms with Gasteiger partial charge in [-0.2, -0.15) is 14.6 Å². The van der Waals surface area contributed by atoms with E-state index in [0.29, 0.717) is 5.82 Å². The molecule has 1 aromatic heterocycles. The Bertz CT molecular complexity index is 321. The van der Waals surface area contributed by atoms with E-state index < -0.39 is 0 Å². The van der Waals surface area contributed by atoms with Gasteiger partial charge in [0.1, 0.15) is 6.07 Å². The molecule has 2 heterocycles. The Hall–Kier alpha value is -1.15. The van der Waals surface area contributed by atoms with Crippen molar-refractivity contribution in [2.45, 2.75) is 19.3 Å². The van der Waals surface area contributed by atoms with Crippen molar-refractivity contribution in [1.29, 1.82) is 5.26 Å². The molecule has 2 rings (SSSR count). The maximum absolute atomic E-state index is 8.56. The maximum Gasteiger partial charge on any atom is 0.245 e. The van der Waals surface area contributed by atoms with Crippen LogP contribution in [0.4, 0.5) is 5.13 Å². The Balaban J connectivity index is 2.11. The van der Waals surface area contributed by atoms with Gasteiger partial charge in [-0.25, -0.2) is 0 Å². The summed E-state index contributed by atoms with van der Waals surface area (Å²) in [6.45, 7) is 2.11. The molecule has 0 spiro atoms. The molecule has 5 heteroatoms. The highest BCUT2D eigenvalue weighted by Crippen LogP contribution is 2.21. The lowest BCUT2D eigenvalue weighted by atomic mass is 10.1. The second kappa shape index (κ2) is 3.71. The zero-order valence-electron chi connectivity index (χ0n) is 7.23. The number of hydrogen-bond acceptors (Lipinski definition) is 5. The van der Waals surface area contributed by atoms with E-state index in [-0.39, 0.29) is 0 Å². The predicted molar refractivity (Wildman–Crippen MR) is 50.7 cm³/mol. The lowest BCUT2D eigenvalue weighted by molar-refractivity contribution is 0.577. The summed E-state index contributed by atoms with van der Waals surface area (Å²) in [5, 5.41) is 9.46. The molecular weight excluding hydrogens is 184 g/mol. The summed E-state index contributed by atoms with van der Waals surface area (Å²) >= 11 is 1.32. The van der Waals surface area contributed by atoms with E-state index in [1.165, 1.54) is 30.8 Å². The fraction of sp³-hybridized carbons (Fsp3) is 0.625. The van der Waals surface area contributed by atoms with Crippen molar-refractivity contribution in [2.75, 3.05) is 18.0 Å².